The molecule has 0 unspecified atom stereocenters. The molecule has 1 aliphatic carbocycles. The van der Waals surface area contributed by atoms with Gasteiger partial charge in [0, 0.05) is 5.54 Å². The maximum absolute atomic E-state index is 11.1. The van der Waals surface area contributed by atoms with Crippen molar-refractivity contribution in [3.63, 3.8) is 0 Å². The van der Waals surface area contributed by atoms with Crippen LogP contribution in [0.25, 0.3) is 0 Å². The molecule has 2 N–H and O–H groups in total. The predicted octanol–water partition coefficient (Wildman–Crippen LogP) is 0.724. The zero-order valence-electron chi connectivity index (χ0n) is 7.53. The monoisotopic (exact) mass is 225 g/mol. The van der Waals surface area contributed by atoms with Gasteiger partial charge in [0.15, 0.2) is 0 Å². The normalized spacial score (nSPS) is 30.5. The summed E-state index contributed by atoms with van der Waals surface area (Å²) in [5.41, 5.74) is 6.04. The summed E-state index contributed by atoms with van der Waals surface area (Å²) in [5, 5.41) is 0. The summed E-state index contributed by atoms with van der Waals surface area (Å²) in [5.74, 6) is 1.19. The Hall–Kier alpha value is 0.200. The molecule has 0 radical (unpaired) electrons. The van der Waals surface area contributed by atoms with E-state index in [9.17, 15) is 8.42 Å². The summed E-state index contributed by atoms with van der Waals surface area (Å²) in [6.07, 6.45) is 3.77. The number of hydrogen-bond acceptors (Lipinski definition) is 3. The first-order valence-corrected chi connectivity index (χ1v) is 6.33. The van der Waals surface area contributed by atoms with E-state index in [4.69, 9.17) is 5.73 Å². The van der Waals surface area contributed by atoms with Gasteiger partial charge < -0.3 is 5.73 Å². The average molecular weight is 226 g/mol. The van der Waals surface area contributed by atoms with E-state index >= 15 is 0 Å². The summed E-state index contributed by atoms with van der Waals surface area (Å²) in [6.45, 7) is 0. The van der Waals surface area contributed by atoms with Gasteiger partial charge in [-0.05, 0) is 31.6 Å². The Kier molecular flexibility index (Phi) is 2.95. The lowest BCUT2D eigenvalue weighted by Gasteiger charge is -2.27. The molecule has 0 atom stereocenters. The largest absolute Gasteiger partial charge is 0.325 e. The Morgan fingerprint density at radius 3 is 2.00 bits per heavy atom. The van der Waals surface area contributed by atoms with Crippen LogP contribution in [0.15, 0.2) is 0 Å². The lowest BCUT2D eigenvalue weighted by Crippen LogP contribution is -2.38. The Labute approximate surface area is 85.4 Å². The number of rotatable bonds is 1. The molecular weight excluding hydrogens is 210 g/mol. The molecule has 5 heteroatoms. The highest BCUT2D eigenvalue weighted by molar-refractivity contribution is 7.91. The van der Waals surface area contributed by atoms with E-state index in [1.165, 1.54) is 0 Å². The highest BCUT2D eigenvalue weighted by Gasteiger charge is 2.46. The number of halogens is 1. The molecule has 3 nitrogen and oxygen atoms in total. The minimum absolute atomic E-state index is 0. The van der Waals surface area contributed by atoms with Crippen molar-refractivity contribution in [1.82, 2.24) is 0 Å². The fraction of sp³-hybridized carbons (Fsp3) is 1.00. The van der Waals surface area contributed by atoms with Crippen molar-refractivity contribution in [3.8, 4) is 0 Å². The van der Waals surface area contributed by atoms with Gasteiger partial charge in [0.05, 0.1) is 11.5 Å². The Morgan fingerprint density at radius 2 is 1.62 bits per heavy atom. The van der Waals surface area contributed by atoms with E-state index in [0.29, 0.717) is 17.4 Å². The quantitative estimate of drug-likeness (QED) is 0.716. The number of nitrogens with two attached hydrogens (primary N) is 1. The van der Waals surface area contributed by atoms with Gasteiger partial charge in [0.25, 0.3) is 0 Å². The molecule has 2 aliphatic rings. The van der Waals surface area contributed by atoms with E-state index in [-0.39, 0.29) is 17.9 Å². The lowest BCUT2D eigenvalue weighted by molar-refractivity contribution is 0.368. The van der Waals surface area contributed by atoms with E-state index in [0.717, 1.165) is 25.7 Å². The second kappa shape index (κ2) is 3.41. The van der Waals surface area contributed by atoms with E-state index in [1.807, 2.05) is 0 Å². The molecule has 0 aromatic rings. The van der Waals surface area contributed by atoms with Crippen molar-refractivity contribution in [3.05, 3.63) is 0 Å². The minimum Gasteiger partial charge on any atom is -0.325 e. The first kappa shape index (κ1) is 11.3. The van der Waals surface area contributed by atoms with Crippen LogP contribution in [0.4, 0.5) is 0 Å². The van der Waals surface area contributed by atoms with Crippen molar-refractivity contribution < 1.29 is 8.42 Å². The van der Waals surface area contributed by atoms with Crippen molar-refractivity contribution in [1.29, 1.82) is 0 Å². The zero-order valence-corrected chi connectivity index (χ0v) is 9.16. The number of hydrogen-bond donors (Lipinski definition) is 1. The second-order valence-electron chi connectivity index (χ2n) is 4.16. The van der Waals surface area contributed by atoms with Gasteiger partial charge in [-0.15, -0.1) is 12.4 Å². The summed E-state index contributed by atoms with van der Waals surface area (Å²) in [6, 6.07) is 0. The van der Waals surface area contributed by atoms with E-state index in [1.54, 1.807) is 0 Å². The van der Waals surface area contributed by atoms with Crippen molar-refractivity contribution in [2.75, 3.05) is 11.5 Å². The molecule has 0 amide bonds. The van der Waals surface area contributed by atoms with Crippen molar-refractivity contribution >= 4 is 22.2 Å². The third-order valence-electron chi connectivity index (χ3n) is 3.20. The van der Waals surface area contributed by atoms with Gasteiger partial charge in [0.1, 0.15) is 9.84 Å². The third-order valence-corrected chi connectivity index (χ3v) is 4.91. The van der Waals surface area contributed by atoms with Gasteiger partial charge in [0.2, 0.25) is 0 Å². The first-order valence-electron chi connectivity index (χ1n) is 4.51. The van der Waals surface area contributed by atoms with Crippen LogP contribution in [0.5, 0.6) is 0 Å². The fourth-order valence-corrected chi connectivity index (χ4v) is 3.51. The zero-order chi connectivity index (χ0) is 8.82. The van der Waals surface area contributed by atoms with Crippen molar-refractivity contribution in [2.45, 2.75) is 31.2 Å². The first-order chi connectivity index (χ1) is 5.52. The van der Waals surface area contributed by atoms with Crippen LogP contribution in [0, 0.1) is 5.92 Å². The van der Waals surface area contributed by atoms with Gasteiger partial charge in [-0.2, -0.15) is 0 Å². The predicted molar refractivity (Wildman–Crippen MR) is 54.8 cm³/mol. The molecule has 2 fully saturated rings. The van der Waals surface area contributed by atoms with Gasteiger partial charge in [-0.3, -0.25) is 0 Å². The van der Waals surface area contributed by atoms with E-state index < -0.39 is 9.84 Å². The van der Waals surface area contributed by atoms with Crippen LogP contribution in [-0.2, 0) is 9.84 Å². The molecular formula is C8H16ClNO2S. The molecule has 1 saturated heterocycles. The second-order valence-corrected chi connectivity index (χ2v) is 6.46. The van der Waals surface area contributed by atoms with Gasteiger partial charge in [-0.1, -0.05) is 0 Å². The Balaban J connectivity index is 0.000000845. The topological polar surface area (TPSA) is 60.2 Å². The molecule has 0 aromatic heterocycles. The highest BCUT2D eigenvalue weighted by atomic mass is 35.5. The Morgan fingerprint density at radius 1 is 1.15 bits per heavy atom. The van der Waals surface area contributed by atoms with Gasteiger partial charge >= 0.3 is 0 Å². The van der Waals surface area contributed by atoms with Crippen LogP contribution in [-0.4, -0.2) is 25.5 Å². The van der Waals surface area contributed by atoms with Crippen LogP contribution < -0.4 is 5.73 Å². The fourth-order valence-electron chi connectivity index (χ4n) is 2.02. The summed E-state index contributed by atoms with van der Waals surface area (Å²) in [7, 11) is -2.70. The SMILES string of the molecule is Cl.NC1(C2CCS(=O)(=O)CC2)CC1. The summed E-state index contributed by atoms with van der Waals surface area (Å²) < 4.78 is 22.2. The number of sulfone groups is 1. The van der Waals surface area contributed by atoms with Crippen LogP contribution >= 0.6 is 12.4 Å². The maximum Gasteiger partial charge on any atom is 0.150 e. The van der Waals surface area contributed by atoms with Gasteiger partial charge in [-0.25, -0.2) is 8.42 Å². The minimum atomic E-state index is -2.70. The lowest BCUT2D eigenvalue weighted by atomic mass is 9.92. The Bertz CT molecular complexity index is 271. The van der Waals surface area contributed by atoms with Crippen LogP contribution in [0.2, 0.25) is 0 Å². The molecule has 78 valence electrons. The van der Waals surface area contributed by atoms with Crippen LogP contribution in [0.3, 0.4) is 0 Å². The molecule has 1 heterocycles. The standard InChI is InChI=1S/C8H15NO2S.ClH/c9-8(3-4-8)7-1-5-12(10,11)6-2-7;/h7H,1-6,9H2;1H. The van der Waals surface area contributed by atoms with Crippen molar-refractivity contribution in [2.24, 2.45) is 11.7 Å². The molecule has 2 rings (SSSR count). The molecule has 0 bridgehead atoms. The summed E-state index contributed by atoms with van der Waals surface area (Å²) in [4.78, 5) is 0. The highest BCUT2D eigenvalue weighted by Crippen LogP contribution is 2.44. The summed E-state index contributed by atoms with van der Waals surface area (Å²) >= 11 is 0. The maximum atomic E-state index is 11.1. The third kappa shape index (κ3) is 2.36. The smallest absolute Gasteiger partial charge is 0.150 e. The molecule has 13 heavy (non-hydrogen) atoms. The molecule has 0 aromatic carbocycles. The average Bonchev–Trinajstić information content (AvgIpc) is 2.68. The van der Waals surface area contributed by atoms with Crippen LogP contribution in [0.1, 0.15) is 25.7 Å². The van der Waals surface area contributed by atoms with E-state index in [2.05, 4.69) is 0 Å². The molecule has 1 saturated carbocycles. The molecule has 0 spiro atoms. The molecule has 1 aliphatic heterocycles.